The number of hydrogen-bond acceptors (Lipinski definition) is 2. The molecule has 2 rings (SSSR count). The van der Waals surface area contributed by atoms with Gasteiger partial charge >= 0.3 is 0 Å². The highest BCUT2D eigenvalue weighted by molar-refractivity contribution is 9.10. The molecule has 0 bridgehead atoms. The zero-order chi connectivity index (χ0) is 13.8. The smallest absolute Gasteiger partial charge is 0.124 e. The van der Waals surface area contributed by atoms with Crippen LogP contribution in [-0.2, 0) is 0 Å². The molecule has 100 valence electrons. The lowest BCUT2D eigenvalue weighted by Crippen LogP contribution is -2.07. The van der Waals surface area contributed by atoms with E-state index >= 15 is 0 Å². The predicted molar refractivity (Wildman–Crippen MR) is 79.1 cm³/mol. The van der Waals surface area contributed by atoms with Crippen LogP contribution in [0.5, 0.6) is 5.75 Å². The largest absolute Gasteiger partial charge is 0.497 e. The van der Waals surface area contributed by atoms with Gasteiger partial charge in [-0.25, -0.2) is 4.39 Å². The molecule has 0 aliphatic carbocycles. The van der Waals surface area contributed by atoms with Crippen LogP contribution in [0, 0.1) is 5.82 Å². The maximum Gasteiger partial charge on any atom is 0.124 e. The van der Waals surface area contributed by atoms with Crippen molar-refractivity contribution >= 4 is 21.6 Å². The molecule has 1 N–H and O–H groups in total. The number of halogens is 2. The number of nitrogens with one attached hydrogen (secondary N) is 1. The standard InChI is InChI=1S/C15H15BrFNO/c1-10(11-3-6-13(19-2)7-4-11)18-15-8-5-12(17)9-14(15)16/h3-10,18H,1-2H3. The number of anilines is 1. The van der Waals surface area contributed by atoms with Crippen LogP contribution in [0.4, 0.5) is 10.1 Å². The van der Waals surface area contributed by atoms with Crippen molar-refractivity contribution in [3.05, 3.63) is 58.3 Å². The molecule has 2 nitrogen and oxygen atoms in total. The summed E-state index contributed by atoms with van der Waals surface area (Å²) in [7, 11) is 1.65. The van der Waals surface area contributed by atoms with E-state index < -0.39 is 0 Å². The van der Waals surface area contributed by atoms with E-state index in [0.717, 1.165) is 17.0 Å². The summed E-state index contributed by atoms with van der Waals surface area (Å²) in [5.74, 6) is 0.577. The molecule has 0 spiro atoms. The van der Waals surface area contributed by atoms with Gasteiger partial charge in [-0.3, -0.25) is 0 Å². The molecule has 0 saturated heterocycles. The van der Waals surface area contributed by atoms with Crippen molar-refractivity contribution in [3.8, 4) is 5.75 Å². The highest BCUT2D eigenvalue weighted by atomic mass is 79.9. The first-order valence-electron chi connectivity index (χ1n) is 5.95. The highest BCUT2D eigenvalue weighted by Gasteiger charge is 2.08. The second-order valence-electron chi connectivity index (χ2n) is 4.26. The van der Waals surface area contributed by atoms with Crippen LogP contribution in [0.1, 0.15) is 18.5 Å². The second kappa shape index (κ2) is 6.06. The monoisotopic (exact) mass is 323 g/mol. The average molecular weight is 324 g/mol. The summed E-state index contributed by atoms with van der Waals surface area (Å²) in [4.78, 5) is 0. The van der Waals surface area contributed by atoms with Crippen molar-refractivity contribution in [2.24, 2.45) is 0 Å². The molecule has 2 aromatic rings. The summed E-state index contributed by atoms with van der Waals surface area (Å²) >= 11 is 3.35. The molecule has 1 atom stereocenters. The summed E-state index contributed by atoms with van der Waals surface area (Å²) in [6, 6.07) is 12.6. The van der Waals surface area contributed by atoms with E-state index in [1.807, 2.05) is 24.3 Å². The van der Waals surface area contributed by atoms with Crippen molar-refractivity contribution in [1.82, 2.24) is 0 Å². The second-order valence-corrected chi connectivity index (χ2v) is 5.12. The van der Waals surface area contributed by atoms with E-state index in [-0.39, 0.29) is 11.9 Å². The first-order valence-corrected chi connectivity index (χ1v) is 6.75. The molecule has 19 heavy (non-hydrogen) atoms. The Labute approximate surface area is 120 Å². The van der Waals surface area contributed by atoms with E-state index in [0.29, 0.717) is 4.47 Å². The Hall–Kier alpha value is -1.55. The lowest BCUT2D eigenvalue weighted by molar-refractivity contribution is 0.414. The van der Waals surface area contributed by atoms with Crippen LogP contribution in [-0.4, -0.2) is 7.11 Å². The van der Waals surface area contributed by atoms with Gasteiger partial charge in [-0.2, -0.15) is 0 Å². The molecular formula is C15H15BrFNO. The van der Waals surface area contributed by atoms with Gasteiger partial charge in [0.1, 0.15) is 11.6 Å². The third kappa shape index (κ3) is 3.47. The molecule has 0 aliphatic heterocycles. The normalized spacial score (nSPS) is 12.0. The Balaban J connectivity index is 2.13. The molecule has 0 radical (unpaired) electrons. The number of benzene rings is 2. The van der Waals surface area contributed by atoms with Crippen LogP contribution in [0.2, 0.25) is 0 Å². The van der Waals surface area contributed by atoms with Gasteiger partial charge in [0.2, 0.25) is 0 Å². The number of methoxy groups -OCH3 is 1. The molecule has 0 aromatic heterocycles. The Bertz CT molecular complexity index is 557. The van der Waals surface area contributed by atoms with Gasteiger partial charge in [0.25, 0.3) is 0 Å². The Kier molecular flexibility index (Phi) is 4.43. The molecule has 0 fully saturated rings. The first kappa shape index (κ1) is 13.9. The Morgan fingerprint density at radius 3 is 2.42 bits per heavy atom. The molecule has 0 aliphatic rings. The molecule has 0 heterocycles. The fourth-order valence-electron chi connectivity index (χ4n) is 1.82. The fourth-order valence-corrected chi connectivity index (χ4v) is 2.28. The third-order valence-electron chi connectivity index (χ3n) is 2.92. The van der Waals surface area contributed by atoms with E-state index in [1.54, 1.807) is 13.2 Å². The predicted octanol–water partition coefficient (Wildman–Crippen LogP) is 4.77. The van der Waals surface area contributed by atoms with Crippen molar-refractivity contribution < 1.29 is 9.13 Å². The van der Waals surface area contributed by atoms with Gasteiger partial charge in [-0.15, -0.1) is 0 Å². The van der Waals surface area contributed by atoms with Gasteiger partial charge in [-0.1, -0.05) is 12.1 Å². The minimum absolute atomic E-state index is 0.118. The first-order chi connectivity index (χ1) is 9.10. The maximum atomic E-state index is 13.0. The molecule has 0 saturated carbocycles. The lowest BCUT2D eigenvalue weighted by Gasteiger charge is -2.17. The summed E-state index contributed by atoms with van der Waals surface area (Å²) in [6.45, 7) is 2.05. The topological polar surface area (TPSA) is 21.3 Å². The van der Waals surface area contributed by atoms with Crippen LogP contribution in [0.15, 0.2) is 46.9 Å². The average Bonchev–Trinajstić information content (AvgIpc) is 2.42. The van der Waals surface area contributed by atoms with E-state index in [9.17, 15) is 4.39 Å². The van der Waals surface area contributed by atoms with Gasteiger partial charge in [-0.05, 0) is 58.7 Å². The summed E-state index contributed by atoms with van der Waals surface area (Å²) in [5.41, 5.74) is 2.00. The van der Waals surface area contributed by atoms with Gasteiger partial charge < -0.3 is 10.1 Å². The Morgan fingerprint density at radius 2 is 1.84 bits per heavy atom. The van der Waals surface area contributed by atoms with E-state index in [1.165, 1.54) is 12.1 Å². The summed E-state index contributed by atoms with van der Waals surface area (Å²) in [6.07, 6.45) is 0. The van der Waals surface area contributed by atoms with E-state index in [4.69, 9.17) is 4.74 Å². The van der Waals surface area contributed by atoms with Crippen molar-refractivity contribution in [2.45, 2.75) is 13.0 Å². The molecule has 4 heteroatoms. The van der Waals surface area contributed by atoms with Gasteiger partial charge in [0.05, 0.1) is 7.11 Å². The molecule has 0 amide bonds. The zero-order valence-electron chi connectivity index (χ0n) is 10.8. The molecule has 2 aromatic carbocycles. The van der Waals surface area contributed by atoms with Crippen molar-refractivity contribution in [2.75, 3.05) is 12.4 Å². The van der Waals surface area contributed by atoms with Crippen LogP contribution in [0.3, 0.4) is 0 Å². The molecule has 1 unspecified atom stereocenters. The van der Waals surface area contributed by atoms with Crippen LogP contribution >= 0.6 is 15.9 Å². The highest BCUT2D eigenvalue weighted by Crippen LogP contribution is 2.27. The van der Waals surface area contributed by atoms with Crippen molar-refractivity contribution in [3.63, 3.8) is 0 Å². The third-order valence-corrected chi connectivity index (χ3v) is 3.58. The fraction of sp³-hybridized carbons (Fsp3) is 0.200. The van der Waals surface area contributed by atoms with Gasteiger partial charge in [0.15, 0.2) is 0 Å². The molecular weight excluding hydrogens is 309 g/mol. The van der Waals surface area contributed by atoms with Crippen LogP contribution in [0.25, 0.3) is 0 Å². The maximum absolute atomic E-state index is 13.0. The van der Waals surface area contributed by atoms with E-state index in [2.05, 4.69) is 28.2 Å². The minimum atomic E-state index is -0.255. The number of hydrogen-bond donors (Lipinski definition) is 1. The quantitative estimate of drug-likeness (QED) is 0.875. The summed E-state index contributed by atoms with van der Waals surface area (Å²) < 4.78 is 18.9. The summed E-state index contributed by atoms with van der Waals surface area (Å²) in [5, 5.41) is 3.34. The number of ether oxygens (including phenoxy) is 1. The SMILES string of the molecule is COc1ccc(C(C)Nc2ccc(F)cc2Br)cc1. The van der Waals surface area contributed by atoms with Crippen molar-refractivity contribution in [1.29, 1.82) is 0 Å². The minimum Gasteiger partial charge on any atom is -0.497 e. The number of rotatable bonds is 4. The van der Waals surface area contributed by atoms with Crippen LogP contribution < -0.4 is 10.1 Å². The van der Waals surface area contributed by atoms with Gasteiger partial charge in [0, 0.05) is 16.2 Å². The Morgan fingerprint density at radius 1 is 1.16 bits per heavy atom. The lowest BCUT2D eigenvalue weighted by atomic mass is 10.1. The zero-order valence-corrected chi connectivity index (χ0v) is 12.4.